The quantitative estimate of drug-likeness (QED) is 0.195. The summed E-state index contributed by atoms with van der Waals surface area (Å²) in [5, 5.41) is 32.6. The van der Waals surface area contributed by atoms with E-state index in [1.165, 1.54) is 0 Å². The predicted molar refractivity (Wildman–Crippen MR) is 20.4 cm³/mol. The van der Waals surface area contributed by atoms with E-state index >= 15 is 0 Å². The minimum absolute atomic E-state index is 1.75. The number of aliphatic carboxylic acids is 2. The molecule has 0 spiro atoms. The molecule has 0 radical (unpaired) electrons. The highest BCUT2D eigenvalue weighted by atomic mass is 16.9. The van der Waals surface area contributed by atoms with Crippen LogP contribution in [0.1, 0.15) is 0 Å². The molecule has 0 unspecified atom stereocenters. The van der Waals surface area contributed by atoms with Gasteiger partial charge in [0.1, 0.15) is 0 Å². The number of carboxylic acids is 2. The summed E-state index contributed by atoms with van der Waals surface area (Å²) in [6.45, 7) is 0. The molecule has 0 aliphatic rings. The Morgan fingerprint density at radius 3 is 1.10 bits per heavy atom. The van der Waals surface area contributed by atoms with Crippen molar-refractivity contribution in [2.24, 2.45) is 0 Å². The van der Waals surface area contributed by atoms with Crippen molar-refractivity contribution >= 4 is 11.9 Å². The fourth-order valence-corrected chi connectivity index (χ4v) is 0. The molecule has 0 fully saturated rings. The Labute approximate surface area is 53.4 Å². The van der Waals surface area contributed by atoms with Crippen molar-refractivity contribution in [3.8, 4) is 0 Å². The molecule has 0 rings (SSSR count). The van der Waals surface area contributed by atoms with Gasteiger partial charge in [-0.1, -0.05) is 0 Å². The Bertz CT molecular complexity index is 134. The van der Waals surface area contributed by atoms with Crippen molar-refractivity contribution in [3.63, 3.8) is 0 Å². The monoisotopic (exact) mass is 150 g/mol. The second-order valence-corrected chi connectivity index (χ2v) is 0.799. The average molecular weight is 150 g/mol. The summed E-state index contributed by atoms with van der Waals surface area (Å²) >= 11 is 0. The second kappa shape index (κ2) is 5.28. The fraction of sp³-hybridized carbons (Fsp3) is 0. The van der Waals surface area contributed by atoms with Gasteiger partial charge in [-0.2, -0.15) is 0 Å². The van der Waals surface area contributed by atoms with Gasteiger partial charge in [-0.15, -0.1) is 0 Å². The maximum Gasteiger partial charge on any atom is 0.0870 e. The summed E-state index contributed by atoms with van der Waals surface area (Å²) in [4.78, 5) is 26.1. The van der Waals surface area contributed by atoms with Crippen molar-refractivity contribution < 1.29 is 24.9 Å². The zero-order chi connectivity index (χ0) is 8.73. The maximum atomic E-state index is 8.93. The van der Waals surface area contributed by atoms with Crippen LogP contribution in [0.15, 0.2) is 0 Å². The third-order valence-electron chi connectivity index (χ3n) is 0.167. The van der Waals surface area contributed by atoms with Gasteiger partial charge in [0.2, 0.25) is 0 Å². The molecule has 8 heteroatoms. The first-order valence-electron chi connectivity index (χ1n) is 1.61. The second-order valence-electron chi connectivity index (χ2n) is 0.799. The van der Waals surface area contributed by atoms with Crippen LogP contribution >= 0.6 is 0 Å². The number of carbonyl (C=O) groups is 2. The van der Waals surface area contributed by atoms with Crippen LogP contribution in [0.5, 0.6) is 0 Å². The minimum atomic E-state index is -2.19. The highest BCUT2D eigenvalue weighted by molar-refractivity contribution is 6.25. The number of carbonyl (C=O) groups excluding carboxylic acids is 2. The van der Waals surface area contributed by atoms with Crippen LogP contribution in [0, 0.1) is 15.3 Å². The van der Waals surface area contributed by atoms with E-state index in [-0.39, 0.29) is 0 Å². The van der Waals surface area contributed by atoms with E-state index in [9.17, 15) is 0 Å². The van der Waals surface area contributed by atoms with Crippen LogP contribution in [0.25, 0.3) is 0 Å². The molecule has 0 N–H and O–H groups in total. The number of carboxylic acid groups (broad SMARTS) is 2. The van der Waals surface area contributed by atoms with E-state index < -0.39 is 17.0 Å². The third kappa shape index (κ3) is 35.4. The Hall–Kier alpha value is -1.86. The number of hydrogen-bond donors (Lipinski definition) is 0. The van der Waals surface area contributed by atoms with Gasteiger partial charge in [0.15, 0.2) is 0 Å². The SMILES string of the molecule is O=C([O-])C(=O)[O-].O=[N+]([O-])[O-]. The number of nitrogens with zero attached hydrogens (tertiary/aromatic N) is 1. The lowest BCUT2D eigenvalue weighted by molar-refractivity contribution is -0.402. The average Bonchev–Trinajstić information content (AvgIpc) is 1.63. The van der Waals surface area contributed by atoms with Gasteiger partial charge in [-0.25, -0.2) is 0 Å². The van der Waals surface area contributed by atoms with Crippen molar-refractivity contribution in [3.05, 3.63) is 15.3 Å². The molecule has 0 aromatic heterocycles. The molecular formula is C2NO7-3. The summed E-state index contributed by atoms with van der Waals surface area (Å²) < 4.78 is 0. The Morgan fingerprint density at radius 2 is 1.10 bits per heavy atom. The summed E-state index contributed by atoms with van der Waals surface area (Å²) in [6.07, 6.45) is 0. The zero-order valence-corrected chi connectivity index (χ0v) is 4.30. The summed E-state index contributed by atoms with van der Waals surface area (Å²) in [5.74, 6) is -4.37. The van der Waals surface area contributed by atoms with E-state index in [1.807, 2.05) is 0 Å². The number of rotatable bonds is 0. The molecule has 0 aliphatic carbocycles. The lowest BCUT2D eigenvalue weighted by Gasteiger charge is -1.97. The molecule has 0 bridgehead atoms. The van der Waals surface area contributed by atoms with E-state index in [2.05, 4.69) is 0 Å². The van der Waals surface area contributed by atoms with Crippen LogP contribution in [-0.4, -0.2) is 17.0 Å². The molecule has 0 atom stereocenters. The molecule has 0 saturated carbocycles. The van der Waals surface area contributed by atoms with Gasteiger partial charge in [0, 0.05) is 0 Å². The lowest BCUT2D eigenvalue weighted by Crippen LogP contribution is -2.42. The van der Waals surface area contributed by atoms with Crippen molar-refractivity contribution in [2.75, 3.05) is 0 Å². The van der Waals surface area contributed by atoms with Gasteiger partial charge in [-0.3, -0.25) is 0 Å². The predicted octanol–water partition coefficient (Wildman–Crippen LogP) is -3.75. The largest absolute Gasteiger partial charge is 0.543 e. The summed E-state index contributed by atoms with van der Waals surface area (Å²) in [6, 6.07) is 0. The van der Waals surface area contributed by atoms with Crippen LogP contribution < -0.4 is 10.2 Å². The highest BCUT2D eigenvalue weighted by Crippen LogP contribution is 1.44. The highest BCUT2D eigenvalue weighted by Gasteiger charge is 1.74. The van der Waals surface area contributed by atoms with Crippen LogP contribution in [0.4, 0.5) is 0 Å². The van der Waals surface area contributed by atoms with E-state index in [0.29, 0.717) is 0 Å². The van der Waals surface area contributed by atoms with Crippen molar-refractivity contribution in [1.82, 2.24) is 0 Å². The first-order chi connectivity index (χ1) is 4.37. The van der Waals surface area contributed by atoms with Gasteiger partial charge in [-0.05, 0) is 0 Å². The van der Waals surface area contributed by atoms with Crippen LogP contribution in [-0.2, 0) is 9.59 Å². The van der Waals surface area contributed by atoms with Gasteiger partial charge in [0.25, 0.3) is 0 Å². The fourth-order valence-electron chi connectivity index (χ4n) is 0. The Kier molecular flexibility index (Phi) is 5.81. The molecule has 0 heterocycles. The summed E-state index contributed by atoms with van der Waals surface area (Å²) in [7, 11) is 0. The van der Waals surface area contributed by atoms with E-state index in [1.54, 1.807) is 0 Å². The van der Waals surface area contributed by atoms with Crippen molar-refractivity contribution in [1.29, 1.82) is 0 Å². The normalized spacial score (nSPS) is 6.80. The van der Waals surface area contributed by atoms with E-state index in [4.69, 9.17) is 35.1 Å². The first kappa shape index (κ1) is 11.0. The Balaban J connectivity index is 0. The molecule has 8 nitrogen and oxygen atoms in total. The molecule has 0 aliphatic heterocycles. The van der Waals surface area contributed by atoms with Crippen LogP contribution in [0.2, 0.25) is 0 Å². The van der Waals surface area contributed by atoms with Crippen molar-refractivity contribution in [2.45, 2.75) is 0 Å². The van der Waals surface area contributed by atoms with Crippen LogP contribution in [0.3, 0.4) is 0 Å². The molecule has 58 valence electrons. The molecule has 0 amide bonds. The first-order valence-corrected chi connectivity index (χ1v) is 1.61. The zero-order valence-electron chi connectivity index (χ0n) is 4.30. The third-order valence-corrected chi connectivity index (χ3v) is 0.167. The number of hydrogen-bond acceptors (Lipinski definition) is 7. The molecule has 0 aromatic rings. The van der Waals surface area contributed by atoms with Gasteiger partial charge in [0.05, 0.1) is 17.0 Å². The standard InChI is InChI=1S/C2H2O4.NO3/c3-1(4)2(5)6;2-1(3)4/h(H,3,4)(H,5,6);/q;-1/p-2. The minimum Gasteiger partial charge on any atom is -0.543 e. The Morgan fingerprint density at radius 1 is 1.00 bits per heavy atom. The van der Waals surface area contributed by atoms with Gasteiger partial charge < -0.3 is 35.1 Å². The summed E-state index contributed by atoms with van der Waals surface area (Å²) in [5.41, 5.74) is 0. The smallest absolute Gasteiger partial charge is 0.0870 e. The molecular weight excluding hydrogens is 150 g/mol. The van der Waals surface area contributed by atoms with Gasteiger partial charge >= 0.3 is 0 Å². The molecule has 10 heavy (non-hydrogen) atoms. The van der Waals surface area contributed by atoms with E-state index in [0.717, 1.165) is 0 Å². The topological polar surface area (TPSA) is 146 Å². The molecule has 0 saturated heterocycles. The molecule has 0 aromatic carbocycles. The maximum absolute atomic E-state index is 8.93. The lowest BCUT2D eigenvalue weighted by atomic mass is 10.7.